The van der Waals surface area contributed by atoms with Crippen LogP contribution in [-0.2, 0) is 4.79 Å². The molecule has 6 nitrogen and oxygen atoms in total. The van der Waals surface area contributed by atoms with Gasteiger partial charge in [-0.1, -0.05) is 0 Å². The van der Waals surface area contributed by atoms with Crippen molar-refractivity contribution in [3.8, 4) is 0 Å². The van der Waals surface area contributed by atoms with Crippen LogP contribution in [0.25, 0.3) is 10.1 Å². The highest BCUT2D eigenvalue weighted by Gasteiger charge is 2.18. The van der Waals surface area contributed by atoms with E-state index < -0.39 is 0 Å². The van der Waals surface area contributed by atoms with Gasteiger partial charge in [-0.2, -0.15) is 0 Å². The van der Waals surface area contributed by atoms with Crippen LogP contribution >= 0.6 is 11.3 Å². The van der Waals surface area contributed by atoms with Crippen LogP contribution in [0, 0.1) is 13.8 Å². The lowest BCUT2D eigenvalue weighted by Crippen LogP contribution is -2.25. The zero-order valence-electron chi connectivity index (χ0n) is 12.0. The van der Waals surface area contributed by atoms with Gasteiger partial charge in [0.2, 0.25) is 5.91 Å². The number of hydrogen-bond donors (Lipinski definition) is 3. The van der Waals surface area contributed by atoms with Gasteiger partial charge >= 0.3 is 0 Å². The first-order chi connectivity index (χ1) is 9.90. The number of thiophene rings is 1. The molecule has 0 aliphatic carbocycles. The van der Waals surface area contributed by atoms with Crippen LogP contribution in [0.3, 0.4) is 0 Å². The highest BCUT2D eigenvalue weighted by Crippen LogP contribution is 2.35. The number of nitrogens with one attached hydrogen (secondary N) is 1. The predicted molar refractivity (Wildman–Crippen MR) is 84.3 cm³/mol. The number of rotatable bonds is 5. The third-order valence-corrected chi connectivity index (χ3v) is 4.26. The van der Waals surface area contributed by atoms with E-state index in [1.807, 2.05) is 19.9 Å². The average Bonchev–Trinajstić information content (AvgIpc) is 2.71. The standard InChI is InChI=1S/C14H18N4O2S/c1-7-6-9-11(8(2)18-7)12(16)13(21-9)14(20)17-5-3-4-10(15)19/h6H,3-5,16H2,1-2H3,(H2,15,19)(H,17,20). The number of nitrogens with two attached hydrogens (primary N) is 2. The molecule has 2 aromatic rings. The Kier molecular flexibility index (Phi) is 4.42. The maximum absolute atomic E-state index is 12.2. The molecule has 2 amide bonds. The Morgan fingerprint density at radius 2 is 2.10 bits per heavy atom. The molecule has 0 bridgehead atoms. The molecule has 2 aromatic heterocycles. The molecule has 112 valence electrons. The molecule has 2 rings (SSSR count). The lowest BCUT2D eigenvalue weighted by Gasteiger charge is -2.03. The number of nitrogen functional groups attached to an aromatic ring is 1. The van der Waals surface area contributed by atoms with Crippen LogP contribution in [0.1, 0.15) is 33.9 Å². The number of fused-ring (bicyclic) bond motifs is 1. The van der Waals surface area contributed by atoms with Crippen molar-refractivity contribution in [3.05, 3.63) is 22.3 Å². The van der Waals surface area contributed by atoms with Crippen LogP contribution in [0.15, 0.2) is 6.07 Å². The van der Waals surface area contributed by atoms with Crippen LogP contribution < -0.4 is 16.8 Å². The smallest absolute Gasteiger partial charge is 0.263 e. The summed E-state index contributed by atoms with van der Waals surface area (Å²) in [5.74, 6) is -0.599. The summed E-state index contributed by atoms with van der Waals surface area (Å²) >= 11 is 1.36. The molecule has 0 saturated carbocycles. The molecule has 0 saturated heterocycles. The first-order valence-corrected chi connectivity index (χ1v) is 7.44. The number of hydrogen-bond acceptors (Lipinski definition) is 5. The summed E-state index contributed by atoms with van der Waals surface area (Å²) in [7, 11) is 0. The van der Waals surface area contributed by atoms with E-state index in [2.05, 4.69) is 10.3 Å². The maximum atomic E-state index is 12.2. The van der Waals surface area contributed by atoms with Gasteiger partial charge in [-0.3, -0.25) is 14.6 Å². The highest BCUT2D eigenvalue weighted by molar-refractivity contribution is 7.21. The van der Waals surface area contributed by atoms with Gasteiger partial charge in [0.1, 0.15) is 4.88 Å². The van der Waals surface area contributed by atoms with E-state index in [4.69, 9.17) is 11.5 Å². The Morgan fingerprint density at radius 1 is 1.38 bits per heavy atom. The minimum Gasteiger partial charge on any atom is -0.397 e. The normalized spacial score (nSPS) is 10.8. The van der Waals surface area contributed by atoms with E-state index in [0.717, 1.165) is 21.5 Å². The second-order valence-corrected chi connectivity index (χ2v) is 5.95. The van der Waals surface area contributed by atoms with Crippen molar-refractivity contribution in [2.24, 2.45) is 5.73 Å². The van der Waals surface area contributed by atoms with E-state index in [9.17, 15) is 9.59 Å². The summed E-state index contributed by atoms with van der Waals surface area (Å²) < 4.78 is 0.958. The summed E-state index contributed by atoms with van der Waals surface area (Å²) in [6.07, 6.45) is 0.774. The van der Waals surface area contributed by atoms with Crippen molar-refractivity contribution in [2.75, 3.05) is 12.3 Å². The number of amides is 2. The van der Waals surface area contributed by atoms with Crippen molar-refractivity contribution in [3.63, 3.8) is 0 Å². The summed E-state index contributed by atoms with van der Waals surface area (Å²) in [5.41, 5.74) is 13.3. The summed E-state index contributed by atoms with van der Waals surface area (Å²) in [6.45, 7) is 4.19. The monoisotopic (exact) mass is 306 g/mol. The molecule has 0 atom stereocenters. The minimum atomic E-state index is -0.372. The summed E-state index contributed by atoms with van der Waals surface area (Å²) in [5, 5.41) is 3.59. The molecule has 21 heavy (non-hydrogen) atoms. The first kappa shape index (κ1) is 15.2. The summed E-state index contributed by atoms with van der Waals surface area (Å²) in [6, 6.07) is 1.92. The fourth-order valence-corrected chi connectivity index (χ4v) is 3.38. The second kappa shape index (κ2) is 6.09. The molecule has 0 aromatic carbocycles. The Hall–Kier alpha value is -2.15. The number of aryl methyl sites for hydroxylation is 2. The SMILES string of the molecule is Cc1cc2sc(C(=O)NCCCC(N)=O)c(N)c2c(C)n1. The fourth-order valence-electron chi connectivity index (χ4n) is 2.19. The van der Waals surface area contributed by atoms with E-state index in [1.54, 1.807) is 0 Å². The molecule has 7 heteroatoms. The molecule has 0 unspecified atom stereocenters. The number of carbonyl (C=O) groups excluding carboxylic acids is 2. The van der Waals surface area contributed by atoms with E-state index in [-0.39, 0.29) is 18.2 Å². The van der Waals surface area contributed by atoms with Crippen molar-refractivity contribution in [1.29, 1.82) is 0 Å². The van der Waals surface area contributed by atoms with Gasteiger partial charge in [0.25, 0.3) is 5.91 Å². The van der Waals surface area contributed by atoms with Gasteiger partial charge in [0, 0.05) is 34.4 Å². The third-order valence-electron chi connectivity index (χ3n) is 3.11. The molecule has 0 radical (unpaired) electrons. The highest BCUT2D eigenvalue weighted by atomic mass is 32.1. The van der Waals surface area contributed by atoms with Gasteiger partial charge in [0.15, 0.2) is 0 Å². The lowest BCUT2D eigenvalue weighted by atomic mass is 10.2. The molecule has 5 N–H and O–H groups in total. The largest absolute Gasteiger partial charge is 0.397 e. The first-order valence-electron chi connectivity index (χ1n) is 6.63. The fraction of sp³-hybridized carbons (Fsp3) is 0.357. The molecular weight excluding hydrogens is 288 g/mol. The lowest BCUT2D eigenvalue weighted by molar-refractivity contribution is -0.118. The summed E-state index contributed by atoms with van der Waals surface area (Å²) in [4.78, 5) is 27.7. The Labute approximate surface area is 126 Å². The molecule has 2 heterocycles. The number of carbonyl (C=O) groups is 2. The van der Waals surface area contributed by atoms with Gasteiger partial charge in [0.05, 0.1) is 5.69 Å². The van der Waals surface area contributed by atoms with E-state index >= 15 is 0 Å². The topological polar surface area (TPSA) is 111 Å². The zero-order valence-corrected chi connectivity index (χ0v) is 12.8. The number of primary amides is 1. The zero-order chi connectivity index (χ0) is 15.6. The molecule has 0 aliphatic rings. The number of aromatic nitrogens is 1. The van der Waals surface area contributed by atoms with Gasteiger partial charge in [-0.15, -0.1) is 11.3 Å². The quantitative estimate of drug-likeness (QED) is 0.727. The van der Waals surface area contributed by atoms with Crippen LogP contribution in [-0.4, -0.2) is 23.3 Å². The molecule has 0 fully saturated rings. The van der Waals surface area contributed by atoms with Gasteiger partial charge in [-0.25, -0.2) is 0 Å². The maximum Gasteiger partial charge on any atom is 0.263 e. The molecule has 0 spiro atoms. The van der Waals surface area contributed by atoms with E-state index in [0.29, 0.717) is 23.5 Å². The molecule has 0 aliphatic heterocycles. The van der Waals surface area contributed by atoms with Crippen LogP contribution in [0.2, 0.25) is 0 Å². The number of anilines is 1. The van der Waals surface area contributed by atoms with Crippen LogP contribution in [0.4, 0.5) is 5.69 Å². The van der Waals surface area contributed by atoms with Crippen molar-refractivity contribution in [2.45, 2.75) is 26.7 Å². The van der Waals surface area contributed by atoms with E-state index in [1.165, 1.54) is 11.3 Å². The Bertz CT molecular complexity index is 709. The second-order valence-electron chi connectivity index (χ2n) is 4.89. The van der Waals surface area contributed by atoms with Gasteiger partial charge in [-0.05, 0) is 26.3 Å². The number of pyridine rings is 1. The van der Waals surface area contributed by atoms with Crippen molar-refractivity contribution in [1.82, 2.24) is 10.3 Å². The van der Waals surface area contributed by atoms with Crippen molar-refractivity contribution < 1.29 is 9.59 Å². The van der Waals surface area contributed by atoms with Crippen molar-refractivity contribution >= 4 is 38.9 Å². The third kappa shape index (κ3) is 3.30. The van der Waals surface area contributed by atoms with Gasteiger partial charge < -0.3 is 16.8 Å². The minimum absolute atomic E-state index is 0.227. The predicted octanol–water partition coefficient (Wildman–Crippen LogP) is 1.49. The molecular formula is C14H18N4O2S. The average molecular weight is 306 g/mol. The Morgan fingerprint density at radius 3 is 2.76 bits per heavy atom. The Balaban J connectivity index is 2.18. The number of nitrogens with zero attached hydrogens (tertiary/aromatic N) is 1. The van der Waals surface area contributed by atoms with Crippen LogP contribution in [0.5, 0.6) is 0 Å².